The van der Waals surface area contributed by atoms with Crippen LogP contribution in [0.2, 0.25) is 0 Å². The zero-order chi connectivity index (χ0) is 9.52. The van der Waals surface area contributed by atoms with Crippen LogP contribution in [0.3, 0.4) is 0 Å². The number of unbranched alkanes of at least 4 members (excludes halogenated alkanes) is 2. The summed E-state index contributed by atoms with van der Waals surface area (Å²) in [6.45, 7) is 4.38. The van der Waals surface area contributed by atoms with Crippen molar-refractivity contribution in [3.63, 3.8) is 0 Å². The molecular formula is C11H18NO. The second-order valence-corrected chi connectivity index (χ2v) is 3.38. The largest absolute Gasteiger partial charge is 0.437 e. The highest BCUT2D eigenvalue weighted by Crippen LogP contribution is 2.12. The van der Waals surface area contributed by atoms with Crippen molar-refractivity contribution in [2.45, 2.75) is 52.4 Å². The summed E-state index contributed by atoms with van der Waals surface area (Å²) in [5.41, 5.74) is 1.12. The second-order valence-electron chi connectivity index (χ2n) is 3.38. The molecule has 0 unspecified atom stereocenters. The summed E-state index contributed by atoms with van der Waals surface area (Å²) in [5, 5.41) is 0. The van der Waals surface area contributed by atoms with E-state index in [0.29, 0.717) is 0 Å². The number of aromatic nitrogens is 1. The van der Waals surface area contributed by atoms with E-state index in [0.717, 1.165) is 24.3 Å². The van der Waals surface area contributed by atoms with Gasteiger partial charge in [-0.3, -0.25) is 0 Å². The average Bonchev–Trinajstić information content (AvgIpc) is 2.59. The van der Waals surface area contributed by atoms with E-state index in [-0.39, 0.29) is 0 Å². The van der Waals surface area contributed by atoms with E-state index in [2.05, 4.69) is 25.2 Å². The maximum atomic E-state index is 5.23. The first-order valence-corrected chi connectivity index (χ1v) is 5.23. The molecule has 1 aromatic heterocycles. The summed E-state index contributed by atoms with van der Waals surface area (Å²) in [5.74, 6) is 1.05. The number of hydrogen-bond acceptors (Lipinski definition) is 2. The Balaban J connectivity index is 2.45. The van der Waals surface area contributed by atoms with Crippen molar-refractivity contribution < 1.29 is 4.42 Å². The predicted molar refractivity (Wildman–Crippen MR) is 52.6 cm³/mol. The molecule has 2 nitrogen and oxygen atoms in total. The van der Waals surface area contributed by atoms with Crippen LogP contribution in [0.1, 0.15) is 51.0 Å². The molecule has 0 fully saturated rings. The van der Waals surface area contributed by atoms with Gasteiger partial charge in [0, 0.05) is 6.42 Å². The van der Waals surface area contributed by atoms with E-state index in [1.165, 1.54) is 25.7 Å². The molecule has 0 atom stereocenters. The summed E-state index contributed by atoms with van der Waals surface area (Å²) in [7, 11) is 0. The Hall–Kier alpha value is -0.790. The van der Waals surface area contributed by atoms with Gasteiger partial charge < -0.3 is 4.42 Å². The highest BCUT2D eigenvalue weighted by atomic mass is 16.3. The van der Waals surface area contributed by atoms with Gasteiger partial charge in [-0.15, -0.1) is 0 Å². The smallest absolute Gasteiger partial charge is 0.284 e. The minimum atomic E-state index is 1.02. The van der Waals surface area contributed by atoms with Gasteiger partial charge in [0.25, 0.3) is 6.39 Å². The Morgan fingerprint density at radius 1 is 1.15 bits per heavy atom. The first-order valence-electron chi connectivity index (χ1n) is 5.23. The van der Waals surface area contributed by atoms with Crippen LogP contribution >= 0.6 is 0 Å². The Bertz CT molecular complexity index is 207. The SMILES string of the molecule is CCCCc1n[c]oc1CCCC. The Morgan fingerprint density at radius 2 is 1.85 bits per heavy atom. The molecule has 0 spiro atoms. The molecule has 0 saturated carbocycles. The van der Waals surface area contributed by atoms with E-state index < -0.39 is 0 Å². The molecule has 1 aromatic rings. The molecule has 0 N–H and O–H groups in total. The topological polar surface area (TPSA) is 26.0 Å². The monoisotopic (exact) mass is 180 g/mol. The minimum Gasteiger partial charge on any atom is -0.437 e. The van der Waals surface area contributed by atoms with Crippen LogP contribution in [0.15, 0.2) is 4.42 Å². The number of nitrogens with zero attached hydrogens (tertiary/aromatic N) is 1. The van der Waals surface area contributed by atoms with E-state index in [1.54, 1.807) is 0 Å². The molecule has 13 heavy (non-hydrogen) atoms. The van der Waals surface area contributed by atoms with Gasteiger partial charge in [-0.25, -0.2) is 4.98 Å². The molecule has 1 rings (SSSR count). The zero-order valence-corrected chi connectivity index (χ0v) is 8.60. The summed E-state index contributed by atoms with van der Waals surface area (Å²) in [6, 6.07) is 0. The fraction of sp³-hybridized carbons (Fsp3) is 0.727. The van der Waals surface area contributed by atoms with Crippen molar-refractivity contribution >= 4 is 0 Å². The van der Waals surface area contributed by atoms with Gasteiger partial charge >= 0.3 is 0 Å². The van der Waals surface area contributed by atoms with Crippen molar-refractivity contribution in [3.8, 4) is 0 Å². The van der Waals surface area contributed by atoms with Gasteiger partial charge in [-0.1, -0.05) is 26.7 Å². The fourth-order valence-corrected chi connectivity index (χ4v) is 1.33. The van der Waals surface area contributed by atoms with Crippen molar-refractivity contribution in [2.24, 2.45) is 0 Å². The lowest BCUT2D eigenvalue weighted by atomic mass is 10.1. The van der Waals surface area contributed by atoms with Gasteiger partial charge in [0.2, 0.25) is 0 Å². The number of hydrogen-bond donors (Lipinski definition) is 0. The van der Waals surface area contributed by atoms with Crippen LogP contribution in [0.5, 0.6) is 0 Å². The maximum Gasteiger partial charge on any atom is 0.284 e. The van der Waals surface area contributed by atoms with Crippen LogP contribution in [0.25, 0.3) is 0 Å². The maximum absolute atomic E-state index is 5.23. The first-order chi connectivity index (χ1) is 6.38. The molecule has 1 radical (unpaired) electrons. The van der Waals surface area contributed by atoms with E-state index in [9.17, 15) is 0 Å². The number of rotatable bonds is 6. The zero-order valence-electron chi connectivity index (χ0n) is 8.60. The average molecular weight is 180 g/mol. The predicted octanol–water partition coefficient (Wildman–Crippen LogP) is 3.16. The quantitative estimate of drug-likeness (QED) is 0.672. The number of aryl methyl sites for hydroxylation is 2. The summed E-state index contributed by atoms with van der Waals surface area (Å²) in [6.07, 6.45) is 9.44. The molecule has 0 aliphatic heterocycles. The lowest BCUT2D eigenvalue weighted by Crippen LogP contribution is -1.92. The van der Waals surface area contributed by atoms with Crippen LogP contribution in [0.4, 0.5) is 0 Å². The van der Waals surface area contributed by atoms with Crippen molar-refractivity contribution in [1.82, 2.24) is 4.98 Å². The third-order valence-corrected chi connectivity index (χ3v) is 2.20. The van der Waals surface area contributed by atoms with Crippen LogP contribution in [-0.2, 0) is 12.8 Å². The van der Waals surface area contributed by atoms with Crippen LogP contribution in [-0.4, -0.2) is 4.98 Å². The molecule has 0 saturated heterocycles. The summed E-state index contributed by atoms with van der Waals surface area (Å²) < 4.78 is 5.23. The first kappa shape index (κ1) is 10.3. The van der Waals surface area contributed by atoms with Gasteiger partial charge in [-0.05, 0) is 19.3 Å². The molecular weight excluding hydrogens is 162 g/mol. The highest BCUT2D eigenvalue weighted by molar-refractivity contribution is 5.07. The fourth-order valence-electron chi connectivity index (χ4n) is 1.33. The van der Waals surface area contributed by atoms with Crippen molar-refractivity contribution in [2.75, 3.05) is 0 Å². The Labute approximate surface area is 80.4 Å². The van der Waals surface area contributed by atoms with Crippen LogP contribution < -0.4 is 0 Å². The van der Waals surface area contributed by atoms with E-state index in [1.807, 2.05) is 0 Å². The molecule has 0 amide bonds. The number of oxazole rings is 1. The minimum absolute atomic E-state index is 1.02. The van der Waals surface area contributed by atoms with Gasteiger partial charge in [0.1, 0.15) is 5.76 Å². The van der Waals surface area contributed by atoms with Crippen molar-refractivity contribution in [1.29, 1.82) is 0 Å². The standard InChI is InChI=1S/C11H18NO/c1-3-5-7-10-11(8-6-4-2)13-9-12-10/h3-8H2,1-2H3. The second kappa shape index (κ2) is 5.79. The van der Waals surface area contributed by atoms with Crippen molar-refractivity contribution in [3.05, 3.63) is 17.8 Å². The molecule has 1 heterocycles. The molecule has 0 aliphatic rings. The van der Waals surface area contributed by atoms with E-state index in [4.69, 9.17) is 4.42 Å². The molecule has 73 valence electrons. The van der Waals surface area contributed by atoms with Gasteiger partial charge in [-0.2, -0.15) is 0 Å². The molecule has 0 aromatic carbocycles. The molecule has 0 bridgehead atoms. The van der Waals surface area contributed by atoms with Crippen LogP contribution in [0, 0.1) is 6.39 Å². The molecule has 0 aliphatic carbocycles. The van der Waals surface area contributed by atoms with Gasteiger partial charge in [0.15, 0.2) is 0 Å². The highest BCUT2D eigenvalue weighted by Gasteiger charge is 2.06. The lowest BCUT2D eigenvalue weighted by molar-refractivity contribution is 0.484. The third-order valence-electron chi connectivity index (χ3n) is 2.20. The Morgan fingerprint density at radius 3 is 2.54 bits per heavy atom. The summed E-state index contributed by atoms with van der Waals surface area (Å²) >= 11 is 0. The third kappa shape index (κ3) is 3.21. The lowest BCUT2D eigenvalue weighted by Gasteiger charge is -1.98. The molecule has 2 heteroatoms. The normalized spacial score (nSPS) is 10.6. The Kier molecular flexibility index (Phi) is 4.58. The summed E-state index contributed by atoms with van der Waals surface area (Å²) in [4.78, 5) is 4.11. The van der Waals surface area contributed by atoms with Gasteiger partial charge in [0.05, 0.1) is 5.69 Å². The van der Waals surface area contributed by atoms with E-state index >= 15 is 0 Å².